The van der Waals surface area contributed by atoms with Gasteiger partial charge in [0.25, 0.3) is 0 Å². The van der Waals surface area contributed by atoms with Crippen LogP contribution in [-0.2, 0) is 14.8 Å². The van der Waals surface area contributed by atoms with Crippen LogP contribution >= 0.6 is 0 Å². The van der Waals surface area contributed by atoms with Crippen molar-refractivity contribution in [3.63, 3.8) is 0 Å². The number of furan rings is 1. The number of amidine groups is 1. The lowest BCUT2D eigenvalue weighted by Gasteiger charge is -2.38. The molecule has 1 fully saturated rings. The Morgan fingerprint density at radius 2 is 1.92 bits per heavy atom. The zero-order chi connectivity index (χ0) is 25.1. The van der Waals surface area contributed by atoms with Crippen LogP contribution in [0.5, 0.6) is 5.75 Å². The second-order valence-electron chi connectivity index (χ2n) is 8.63. The highest BCUT2D eigenvalue weighted by Crippen LogP contribution is 2.38. The van der Waals surface area contributed by atoms with E-state index in [1.54, 1.807) is 37.6 Å². The minimum atomic E-state index is -3.55. The first-order chi connectivity index (χ1) is 17.4. The molecule has 11 heteroatoms. The Bertz CT molecular complexity index is 1320. The summed E-state index contributed by atoms with van der Waals surface area (Å²) < 4.78 is 44.5. The maximum absolute atomic E-state index is 12.8. The Morgan fingerprint density at radius 3 is 2.67 bits per heavy atom. The van der Waals surface area contributed by atoms with Gasteiger partial charge in [0.2, 0.25) is 15.9 Å². The van der Waals surface area contributed by atoms with Crippen molar-refractivity contribution < 1.29 is 22.3 Å². The van der Waals surface area contributed by atoms with Crippen LogP contribution in [0.4, 0.5) is 17.3 Å². The van der Waals surface area contributed by atoms with Gasteiger partial charge in [-0.2, -0.15) is 0 Å². The summed E-state index contributed by atoms with van der Waals surface area (Å²) in [5.41, 5.74) is 2.65. The fourth-order valence-corrected chi connectivity index (χ4v) is 5.47. The summed E-state index contributed by atoms with van der Waals surface area (Å²) in [7, 11) is -1.94. The number of nitrogens with zero attached hydrogens (tertiary/aromatic N) is 2. The number of ether oxygens (including phenoxy) is 2. The number of benzene rings is 2. The van der Waals surface area contributed by atoms with Crippen LogP contribution in [0, 0.1) is 5.41 Å². The molecule has 5 rings (SSSR count). The van der Waals surface area contributed by atoms with Gasteiger partial charge >= 0.3 is 0 Å². The minimum Gasteiger partial charge on any atom is -0.497 e. The molecule has 1 saturated heterocycles. The van der Waals surface area contributed by atoms with Crippen LogP contribution in [0.3, 0.4) is 0 Å². The van der Waals surface area contributed by atoms with Gasteiger partial charge in [-0.25, -0.2) is 8.42 Å². The largest absolute Gasteiger partial charge is 0.497 e. The molecule has 2 aromatic carbocycles. The van der Waals surface area contributed by atoms with Crippen LogP contribution in [0.1, 0.15) is 17.3 Å². The van der Waals surface area contributed by atoms with Gasteiger partial charge in [-0.15, -0.1) is 0 Å². The van der Waals surface area contributed by atoms with Gasteiger partial charge in [0.15, 0.2) is 0 Å². The van der Waals surface area contributed by atoms with E-state index >= 15 is 0 Å². The third kappa shape index (κ3) is 5.18. The van der Waals surface area contributed by atoms with Crippen molar-refractivity contribution >= 4 is 33.1 Å². The molecule has 1 atom stereocenters. The van der Waals surface area contributed by atoms with Gasteiger partial charge in [0.05, 0.1) is 37.9 Å². The molecule has 3 aromatic rings. The smallest absolute Gasteiger partial charge is 0.233 e. The second-order valence-corrected chi connectivity index (χ2v) is 10.5. The predicted octanol–water partition coefficient (Wildman–Crippen LogP) is 3.32. The number of fused-ring (bicyclic) bond motifs is 1. The Morgan fingerprint density at radius 1 is 1.14 bits per heavy atom. The van der Waals surface area contributed by atoms with Crippen molar-refractivity contribution in [1.82, 2.24) is 4.90 Å². The highest BCUT2D eigenvalue weighted by atomic mass is 32.2. The highest BCUT2D eigenvalue weighted by molar-refractivity contribution is 7.92. The topological polar surface area (TPSA) is 120 Å². The van der Waals surface area contributed by atoms with Gasteiger partial charge in [-0.3, -0.25) is 15.0 Å². The second kappa shape index (κ2) is 10.2. The first-order valence-corrected chi connectivity index (χ1v) is 13.4. The van der Waals surface area contributed by atoms with Gasteiger partial charge in [0.1, 0.15) is 17.8 Å². The van der Waals surface area contributed by atoms with Crippen molar-refractivity contribution in [3.05, 3.63) is 72.0 Å². The fraction of sp³-hybridized carbons (Fsp3) is 0.320. The van der Waals surface area contributed by atoms with E-state index in [0.29, 0.717) is 42.6 Å². The van der Waals surface area contributed by atoms with Gasteiger partial charge in [0, 0.05) is 31.0 Å². The molecule has 36 heavy (non-hydrogen) atoms. The maximum Gasteiger partial charge on any atom is 0.233 e. The number of morpholine rings is 1. The van der Waals surface area contributed by atoms with Gasteiger partial charge in [-0.1, -0.05) is 12.1 Å². The van der Waals surface area contributed by atoms with E-state index in [-0.39, 0.29) is 11.6 Å². The predicted molar refractivity (Wildman–Crippen MR) is 138 cm³/mol. The molecule has 0 aliphatic carbocycles. The number of sulfonamides is 1. The van der Waals surface area contributed by atoms with Crippen LogP contribution in [0.25, 0.3) is 0 Å². The van der Waals surface area contributed by atoms with E-state index in [4.69, 9.17) is 19.3 Å². The number of nitrogens with one attached hydrogen (secondary N) is 3. The quantitative estimate of drug-likeness (QED) is 0.421. The average molecular weight is 512 g/mol. The highest BCUT2D eigenvalue weighted by Gasteiger charge is 2.34. The van der Waals surface area contributed by atoms with Crippen LogP contribution < -0.4 is 19.7 Å². The van der Waals surface area contributed by atoms with E-state index in [0.717, 1.165) is 24.3 Å². The number of hydrogen-bond acceptors (Lipinski definition) is 8. The molecule has 10 nitrogen and oxygen atoms in total. The van der Waals surface area contributed by atoms with Crippen LogP contribution in [0.15, 0.2) is 65.3 Å². The zero-order valence-electron chi connectivity index (χ0n) is 19.9. The fourth-order valence-electron chi connectivity index (χ4n) is 4.39. The molecule has 2 aliphatic heterocycles. The average Bonchev–Trinajstić information content (AvgIpc) is 3.37. The Hall–Kier alpha value is -3.54. The molecule has 3 heterocycles. The lowest BCUT2D eigenvalue weighted by molar-refractivity contribution is 0.0408. The summed E-state index contributed by atoms with van der Waals surface area (Å²) in [6, 6.07) is 16.4. The summed E-state index contributed by atoms with van der Waals surface area (Å²) in [4.78, 5) is 3.92. The van der Waals surface area contributed by atoms with Crippen molar-refractivity contribution in [3.8, 4) is 5.75 Å². The molecular formula is C25H29N5O5S. The molecule has 2 aliphatic rings. The summed E-state index contributed by atoms with van der Waals surface area (Å²) in [6.07, 6.45) is 1.04. The number of anilines is 3. The first kappa shape index (κ1) is 24.2. The molecule has 0 bridgehead atoms. The van der Waals surface area contributed by atoms with Crippen molar-refractivity contribution in [1.29, 1.82) is 5.41 Å². The summed E-state index contributed by atoms with van der Waals surface area (Å²) in [6.45, 7) is 3.18. The van der Waals surface area contributed by atoms with Gasteiger partial charge in [-0.05, 0) is 48.0 Å². The Labute approximate surface area is 210 Å². The van der Waals surface area contributed by atoms with Crippen molar-refractivity contribution in [2.24, 2.45) is 0 Å². The molecule has 0 spiro atoms. The van der Waals surface area contributed by atoms with E-state index in [1.807, 2.05) is 35.2 Å². The summed E-state index contributed by atoms with van der Waals surface area (Å²) in [5.74, 6) is 1.47. The number of hydrogen-bond donors (Lipinski definition) is 3. The van der Waals surface area contributed by atoms with E-state index in [2.05, 4.69) is 14.9 Å². The Kier molecular flexibility index (Phi) is 6.86. The van der Waals surface area contributed by atoms with Crippen molar-refractivity contribution in [2.45, 2.75) is 6.17 Å². The van der Waals surface area contributed by atoms with E-state index in [1.165, 1.54) is 0 Å². The lowest BCUT2D eigenvalue weighted by Crippen LogP contribution is -2.42. The molecule has 0 amide bonds. The zero-order valence-corrected chi connectivity index (χ0v) is 20.8. The number of methoxy groups -OCH3 is 1. The Balaban J connectivity index is 1.39. The minimum absolute atomic E-state index is 0.00270. The summed E-state index contributed by atoms with van der Waals surface area (Å²) >= 11 is 0. The normalized spacial score (nSPS) is 18.4. The molecule has 1 aromatic heterocycles. The molecule has 1 unspecified atom stereocenters. The number of rotatable bonds is 8. The van der Waals surface area contributed by atoms with Crippen molar-refractivity contribution in [2.75, 3.05) is 60.6 Å². The van der Waals surface area contributed by atoms with Crippen LogP contribution in [-0.4, -0.2) is 64.9 Å². The molecule has 0 saturated carbocycles. The third-order valence-corrected chi connectivity index (χ3v) is 7.56. The van der Waals surface area contributed by atoms with E-state index in [9.17, 15) is 8.42 Å². The standard InChI is InChI=1S/C25H29N5O5S/c1-33-21-7-5-20(6-8-21)30-23(26)22-9-13-35-25(22)27-24(30)18-3-2-4-19(17-18)28-36(31,32)16-12-29-10-14-34-15-11-29/h2-9,13,17,24,26-28H,10-12,14-16H2,1H3. The first-order valence-electron chi connectivity index (χ1n) is 11.7. The van der Waals surface area contributed by atoms with Crippen LogP contribution in [0.2, 0.25) is 0 Å². The molecule has 0 radical (unpaired) electrons. The molecule has 3 N–H and O–H groups in total. The summed E-state index contributed by atoms with van der Waals surface area (Å²) in [5, 5.41) is 12.2. The molecular weight excluding hydrogens is 482 g/mol. The SMILES string of the molecule is COc1ccc(N2C(=N)c3ccoc3NC2c2cccc(NS(=O)(=O)CCN3CCOCC3)c2)cc1. The lowest BCUT2D eigenvalue weighted by atomic mass is 10.1. The molecule has 190 valence electrons. The monoisotopic (exact) mass is 511 g/mol. The van der Waals surface area contributed by atoms with E-state index < -0.39 is 16.2 Å². The maximum atomic E-state index is 12.8. The van der Waals surface area contributed by atoms with Gasteiger partial charge < -0.3 is 24.1 Å². The third-order valence-electron chi connectivity index (χ3n) is 6.29.